The summed E-state index contributed by atoms with van der Waals surface area (Å²) in [7, 11) is 0. The van der Waals surface area contributed by atoms with E-state index >= 15 is 0 Å². The number of hydrogen-bond donors (Lipinski definition) is 1. The highest BCUT2D eigenvalue weighted by Gasteiger charge is 2.41. The van der Waals surface area contributed by atoms with Crippen molar-refractivity contribution in [3.05, 3.63) is 83.9 Å². The second-order valence-electron chi connectivity index (χ2n) is 6.97. The van der Waals surface area contributed by atoms with Crippen LogP contribution in [0.5, 0.6) is 0 Å². The summed E-state index contributed by atoms with van der Waals surface area (Å²) in [6, 6.07) is 22.8. The largest absolute Gasteiger partial charge is 0.447 e. The molecule has 0 bridgehead atoms. The van der Waals surface area contributed by atoms with Crippen LogP contribution in [0.3, 0.4) is 0 Å². The molecule has 3 aromatic carbocycles. The highest BCUT2D eigenvalue weighted by Crippen LogP contribution is 2.27. The van der Waals surface area contributed by atoms with Crippen LogP contribution in [0.25, 0.3) is 10.8 Å². The average molecular weight is 375 g/mol. The molecule has 0 saturated carbocycles. The average Bonchev–Trinajstić information content (AvgIpc) is 3.09. The van der Waals surface area contributed by atoms with Crippen LogP contribution in [0.2, 0.25) is 0 Å². The van der Waals surface area contributed by atoms with Crippen molar-refractivity contribution >= 4 is 22.8 Å². The smallest absolute Gasteiger partial charge is 0.417 e. The quantitative estimate of drug-likeness (QED) is 0.741. The van der Waals surface area contributed by atoms with Crippen molar-refractivity contribution in [2.45, 2.75) is 18.4 Å². The Morgan fingerprint density at radius 3 is 2.50 bits per heavy atom. The molecular weight excluding hydrogens is 354 g/mol. The van der Waals surface area contributed by atoms with Crippen molar-refractivity contribution in [3.8, 4) is 0 Å². The standard InChI is InChI=1S/C23H21NO4/c25-14-21(19-11-10-17-8-4-5-9-18(17)13-19)22(26)24-20(15-28-23(24)27)12-16-6-2-1-3-7-16/h1-11,13,20-21,25H,12,14-15H2/t20-,21-/m0/s1. The van der Waals surface area contributed by atoms with E-state index in [2.05, 4.69) is 0 Å². The van der Waals surface area contributed by atoms with Crippen LogP contribution in [0.1, 0.15) is 17.0 Å². The zero-order valence-corrected chi connectivity index (χ0v) is 15.3. The molecule has 1 aliphatic heterocycles. The summed E-state index contributed by atoms with van der Waals surface area (Å²) >= 11 is 0. The minimum absolute atomic E-state index is 0.162. The zero-order valence-electron chi connectivity index (χ0n) is 15.3. The van der Waals surface area contributed by atoms with E-state index in [0.717, 1.165) is 16.3 Å². The van der Waals surface area contributed by atoms with Crippen molar-refractivity contribution in [2.24, 2.45) is 0 Å². The Balaban J connectivity index is 1.61. The summed E-state index contributed by atoms with van der Waals surface area (Å²) in [6.45, 7) is -0.214. The van der Waals surface area contributed by atoms with E-state index < -0.39 is 17.9 Å². The first-order valence-corrected chi connectivity index (χ1v) is 9.30. The zero-order chi connectivity index (χ0) is 19.5. The molecule has 28 heavy (non-hydrogen) atoms. The lowest BCUT2D eigenvalue weighted by molar-refractivity contribution is -0.131. The van der Waals surface area contributed by atoms with Crippen LogP contribution in [0.15, 0.2) is 72.8 Å². The topological polar surface area (TPSA) is 66.8 Å². The summed E-state index contributed by atoms with van der Waals surface area (Å²) < 4.78 is 5.16. The lowest BCUT2D eigenvalue weighted by Crippen LogP contribution is -2.43. The third-order valence-corrected chi connectivity index (χ3v) is 5.17. The fraction of sp³-hybridized carbons (Fsp3) is 0.217. The van der Waals surface area contributed by atoms with Crippen LogP contribution in [0.4, 0.5) is 4.79 Å². The summed E-state index contributed by atoms with van der Waals surface area (Å²) in [6.07, 6.45) is -0.126. The van der Waals surface area contributed by atoms with E-state index in [1.54, 1.807) is 0 Å². The SMILES string of the molecule is O=C1OC[C@H](Cc2ccccc2)N1C(=O)[C@@H](CO)c1ccc2ccccc2c1. The molecule has 142 valence electrons. The van der Waals surface area contributed by atoms with Gasteiger partial charge in [0, 0.05) is 0 Å². The molecule has 0 radical (unpaired) electrons. The number of amides is 2. The molecule has 2 amide bonds. The maximum atomic E-state index is 13.2. The van der Waals surface area contributed by atoms with Crippen LogP contribution < -0.4 is 0 Å². The third-order valence-electron chi connectivity index (χ3n) is 5.17. The van der Waals surface area contributed by atoms with E-state index in [-0.39, 0.29) is 19.3 Å². The molecule has 0 aliphatic carbocycles. The summed E-state index contributed by atoms with van der Waals surface area (Å²) in [5.74, 6) is -1.24. The number of carbonyl (C=O) groups is 2. The molecule has 1 heterocycles. The van der Waals surface area contributed by atoms with Gasteiger partial charge in [-0.05, 0) is 28.3 Å². The summed E-state index contributed by atoms with van der Waals surface area (Å²) in [5, 5.41) is 12.0. The van der Waals surface area contributed by atoms with Crippen LogP contribution in [-0.4, -0.2) is 41.3 Å². The van der Waals surface area contributed by atoms with Crippen LogP contribution >= 0.6 is 0 Å². The molecule has 3 aromatic rings. The molecule has 5 nitrogen and oxygen atoms in total. The summed E-state index contributed by atoms with van der Waals surface area (Å²) in [5.41, 5.74) is 1.71. The number of benzene rings is 3. The molecule has 0 spiro atoms. The van der Waals surface area contributed by atoms with E-state index in [1.165, 1.54) is 4.90 Å². The fourth-order valence-corrected chi connectivity index (χ4v) is 3.69. The third kappa shape index (κ3) is 3.49. The van der Waals surface area contributed by atoms with Crippen molar-refractivity contribution < 1.29 is 19.4 Å². The molecular formula is C23H21NO4. The number of fused-ring (bicyclic) bond motifs is 1. The monoisotopic (exact) mass is 375 g/mol. The molecule has 0 aromatic heterocycles. The highest BCUT2D eigenvalue weighted by molar-refractivity contribution is 5.98. The van der Waals surface area contributed by atoms with Gasteiger partial charge in [0.05, 0.1) is 18.6 Å². The highest BCUT2D eigenvalue weighted by atomic mass is 16.6. The van der Waals surface area contributed by atoms with Gasteiger partial charge < -0.3 is 9.84 Å². The lowest BCUT2D eigenvalue weighted by Gasteiger charge is -2.24. The number of imide groups is 1. The number of nitrogens with zero attached hydrogens (tertiary/aromatic N) is 1. The predicted octanol–water partition coefficient (Wildman–Crippen LogP) is 3.51. The van der Waals surface area contributed by atoms with Crippen molar-refractivity contribution in [1.82, 2.24) is 4.90 Å². The second-order valence-corrected chi connectivity index (χ2v) is 6.97. The Morgan fingerprint density at radius 1 is 1.04 bits per heavy atom. The molecule has 1 N–H and O–H groups in total. The first-order chi connectivity index (χ1) is 13.7. The lowest BCUT2D eigenvalue weighted by atomic mass is 9.94. The van der Waals surface area contributed by atoms with Gasteiger partial charge in [-0.3, -0.25) is 4.79 Å². The van der Waals surface area contributed by atoms with Gasteiger partial charge in [-0.15, -0.1) is 0 Å². The number of rotatable bonds is 5. The minimum Gasteiger partial charge on any atom is -0.447 e. The van der Waals surface area contributed by atoms with E-state index in [0.29, 0.717) is 12.0 Å². The molecule has 1 saturated heterocycles. The number of aliphatic hydroxyl groups is 1. The van der Waals surface area contributed by atoms with Gasteiger partial charge in [0.15, 0.2) is 0 Å². The molecule has 4 rings (SSSR count). The van der Waals surface area contributed by atoms with Gasteiger partial charge >= 0.3 is 6.09 Å². The molecule has 0 unspecified atom stereocenters. The van der Waals surface area contributed by atoms with Gasteiger partial charge in [0.2, 0.25) is 5.91 Å². The minimum atomic E-state index is -0.812. The van der Waals surface area contributed by atoms with Crippen molar-refractivity contribution in [2.75, 3.05) is 13.2 Å². The maximum absolute atomic E-state index is 13.2. The Bertz CT molecular complexity index is 1000. The number of cyclic esters (lactones) is 1. The molecule has 1 fully saturated rings. The maximum Gasteiger partial charge on any atom is 0.417 e. The molecule has 2 atom stereocenters. The van der Waals surface area contributed by atoms with Gasteiger partial charge in [-0.1, -0.05) is 72.8 Å². The van der Waals surface area contributed by atoms with E-state index in [4.69, 9.17) is 4.74 Å². The van der Waals surface area contributed by atoms with Gasteiger partial charge in [0.25, 0.3) is 0 Å². The van der Waals surface area contributed by atoms with Crippen molar-refractivity contribution in [1.29, 1.82) is 0 Å². The molecule has 1 aliphatic rings. The first kappa shape index (κ1) is 18.2. The predicted molar refractivity (Wildman–Crippen MR) is 106 cm³/mol. The van der Waals surface area contributed by atoms with Gasteiger partial charge in [-0.25, -0.2) is 9.69 Å². The van der Waals surface area contributed by atoms with Crippen molar-refractivity contribution in [3.63, 3.8) is 0 Å². The van der Waals surface area contributed by atoms with E-state index in [9.17, 15) is 14.7 Å². The van der Waals surface area contributed by atoms with Crippen LogP contribution in [0, 0.1) is 0 Å². The Kier molecular flexibility index (Phi) is 5.08. The Morgan fingerprint density at radius 2 is 1.75 bits per heavy atom. The Labute approximate surface area is 163 Å². The van der Waals surface area contributed by atoms with E-state index in [1.807, 2.05) is 72.8 Å². The second kappa shape index (κ2) is 7.82. The molecule has 5 heteroatoms. The van der Waals surface area contributed by atoms with Crippen LogP contribution in [-0.2, 0) is 16.0 Å². The number of hydrogen-bond acceptors (Lipinski definition) is 4. The van der Waals surface area contributed by atoms with Gasteiger partial charge in [-0.2, -0.15) is 0 Å². The fourth-order valence-electron chi connectivity index (χ4n) is 3.69. The van der Waals surface area contributed by atoms with Gasteiger partial charge in [0.1, 0.15) is 6.61 Å². The number of carbonyl (C=O) groups excluding carboxylic acids is 2. The number of ether oxygens (including phenoxy) is 1. The Hall–Kier alpha value is -3.18. The summed E-state index contributed by atoms with van der Waals surface area (Å²) in [4.78, 5) is 26.6. The normalized spacial score (nSPS) is 17.5. The first-order valence-electron chi connectivity index (χ1n) is 9.30. The number of aliphatic hydroxyl groups excluding tert-OH is 1.